The third kappa shape index (κ3) is 2.63. The van der Waals surface area contributed by atoms with Gasteiger partial charge in [0.25, 0.3) is 11.8 Å². The second-order valence-electron chi connectivity index (χ2n) is 5.26. The summed E-state index contributed by atoms with van der Waals surface area (Å²) in [6.45, 7) is 2.35. The van der Waals surface area contributed by atoms with Gasteiger partial charge in [-0.05, 0) is 18.1 Å². The van der Waals surface area contributed by atoms with Crippen LogP contribution in [0.5, 0.6) is 0 Å². The lowest BCUT2D eigenvalue weighted by Gasteiger charge is -2.52. The molecule has 1 fully saturated rings. The molecule has 1 atom stereocenters. The van der Waals surface area contributed by atoms with Crippen molar-refractivity contribution < 1.29 is 9.59 Å². The van der Waals surface area contributed by atoms with Crippen LogP contribution in [0.25, 0.3) is 0 Å². The molecule has 3 rings (SSSR count). The van der Waals surface area contributed by atoms with Gasteiger partial charge in [0.05, 0.1) is 0 Å². The summed E-state index contributed by atoms with van der Waals surface area (Å²) >= 11 is 8.43. The number of hydrogen-bond acceptors (Lipinski definition) is 3. The van der Waals surface area contributed by atoms with Crippen LogP contribution in [-0.2, 0) is 16.1 Å². The molecule has 0 bridgehead atoms. The molecule has 0 unspecified atom stereocenters. The van der Waals surface area contributed by atoms with Gasteiger partial charge < -0.3 is 5.32 Å². The largest absolute Gasteiger partial charge is 0.347 e. The Bertz CT molecular complexity index is 661. The Morgan fingerprint density at radius 3 is 2.77 bits per heavy atom. The quantitative estimate of drug-likeness (QED) is 0.574. The molecular weight excluding hydrogens is 432 g/mol. The molecule has 0 spiro atoms. The molecule has 1 aromatic rings. The maximum absolute atomic E-state index is 12.5. The Hall–Kier alpha value is -0.790. The van der Waals surface area contributed by atoms with Gasteiger partial charge in [0.2, 0.25) is 0 Å². The first-order valence-corrected chi connectivity index (χ1v) is 9.41. The first-order chi connectivity index (χ1) is 10.4. The van der Waals surface area contributed by atoms with Gasteiger partial charge in [-0.2, -0.15) is 0 Å². The Kier molecular flexibility index (Phi) is 4.40. The van der Waals surface area contributed by atoms with Gasteiger partial charge in [-0.15, -0.1) is 11.8 Å². The van der Waals surface area contributed by atoms with Gasteiger partial charge in [-0.3, -0.25) is 14.5 Å². The van der Waals surface area contributed by atoms with Gasteiger partial charge in [0.15, 0.2) is 3.23 Å². The van der Waals surface area contributed by atoms with E-state index in [0.29, 0.717) is 12.2 Å². The molecule has 2 aliphatic rings. The number of nitrogens with one attached hydrogen (secondary N) is 1. The molecule has 0 aromatic heterocycles. The summed E-state index contributed by atoms with van der Waals surface area (Å²) in [7, 11) is 0. The molecule has 0 aliphatic carbocycles. The summed E-state index contributed by atoms with van der Waals surface area (Å²) < 4.78 is -0.754. The Morgan fingerprint density at radius 1 is 1.41 bits per heavy atom. The van der Waals surface area contributed by atoms with Crippen LogP contribution in [0.4, 0.5) is 0 Å². The lowest BCUT2D eigenvalue weighted by Crippen LogP contribution is -2.68. The molecule has 1 aromatic carbocycles. The number of nitrogens with zero attached hydrogens (tertiary/aromatic N) is 1. The summed E-state index contributed by atoms with van der Waals surface area (Å²) in [5.74, 6) is 0.408. The lowest BCUT2D eigenvalue weighted by molar-refractivity contribution is -0.141. The summed E-state index contributed by atoms with van der Waals surface area (Å²) in [4.78, 5) is 26.4. The molecule has 0 radical (unpaired) electrons. The number of alkyl halides is 2. The molecule has 22 heavy (non-hydrogen) atoms. The summed E-state index contributed by atoms with van der Waals surface area (Å²) in [6, 6.07) is 9.71. The minimum atomic E-state index is -0.754. The monoisotopic (exact) mass is 444 g/mol. The highest BCUT2D eigenvalue weighted by Gasteiger charge is 2.61. The molecule has 116 valence electrons. The predicted molar refractivity (Wildman–Crippen MR) is 94.7 cm³/mol. The van der Waals surface area contributed by atoms with Gasteiger partial charge in [0.1, 0.15) is 11.1 Å². The highest BCUT2D eigenvalue weighted by atomic mass is 79.9. The number of hydrogen-bond donors (Lipinski definition) is 1. The number of amides is 2. The molecule has 2 heterocycles. The fraction of sp³-hybridized carbons (Fsp3) is 0.333. The van der Waals surface area contributed by atoms with Crippen LogP contribution in [0.2, 0.25) is 0 Å². The normalized spacial score (nSPS) is 23.0. The topological polar surface area (TPSA) is 49.4 Å². The van der Waals surface area contributed by atoms with Crippen LogP contribution in [0, 0.1) is 0 Å². The number of thioether (sulfide) groups is 1. The van der Waals surface area contributed by atoms with E-state index >= 15 is 0 Å². The van der Waals surface area contributed by atoms with Crippen molar-refractivity contribution in [1.29, 1.82) is 0 Å². The number of halogens is 2. The smallest absolute Gasteiger partial charge is 0.268 e. The predicted octanol–water partition coefficient (Wildman–Crippen LogP) is 2.98. The van der Waals surface area contributed by atoms with Crippen LogP contribution in [0.1, 0.15) is 12.5 Å². The fourth-order valence-electron chi connectivity index (χ4n) is 2.51. The van der Waals surface area contributed by atoms with Gasteiger partial charge in [0, 0.05) is 12.3 Å². The average molecular weight is 446 g/mol. The van der Waals surface area contributed by atoms with E-state index in [1.54, 1.807) is 16.7 Å². The number of β-lactam (4-membered cyclic amide) rings is 1. The summed E-state index contributed by atoms with van der Waals surface area (Å²) in [5.41, 5.74) is 2.44. The SMILES string of the molecule is CC1=C(C(=O)NCc2ccccc2)N2C(=O)C(Br)(Br)[C@@H]2SC1. The molecule has 7 heteroatoms. The van der Waals surface area contributed by atoms with E-state index in [9.17, 15) is 9.59 Å². The number of carbonyl (C=O) groups excluding carboxylic acids is 2. The van der Waals surface area contributed by atoms with Crippen molar-refractivity contribution in [2.75, 3.05) is 5.75 Å². The van der Waals surface area contributed by atoms with Crippen molar-refractivity contribution in [2.24, 2.45) is 0 Å². The van der Waals surface area contributed by atoms with Crippen LogP contribution in [0.3, 0.4) is 0 Å². The number of rotatable bonds is 3. The highest BCUT2D eigenvalue weighted by molar-refractivity contribution is 9.26. The van der Waals surface area contributed by atoms with Crippen molar-refractivity contribution in [3.63, 3.8) is 0 Å². The first-order valence-electron chi connectivity index (χ1n) is 6.78. The first kappa shape index (κ1) is 16.1. The van der Waals surface area contributed by atoms with Crippen LogP contribution in [0.15, 0.2) is 41.6 Å². The van der Waals surface area contributed by atoms with Crippen molar-refractivity contribution in [1.82, 2.24) is 10.2 Å². The van der Waals surface area contributed by atoms with Crippen LogP contribution < -0.4 is 5.32 Å². The lowest BCUT2D eigenvalue weighted by atomic mass is 10.1. The molecular formula is C15H14Br2N2O2S. The zero-order valence-corrected chi connectivity index (χ0v) is 15.8. The van der Waals surface area contributed by atoms with Gasteiger partial charge >= 0.3 is 0 Å². The maximum Gasteiger partial charge on any atom is 0.268 e. The molecule has 2 amide bonds. The van der Waals surface area contributed by atoms with Crippen LogP contribution >= 0.6 is 43.6 Å². The van der Waals surface area contributed by atoms with E-state index in [1.165, 1.54) is 0 Å². The maximum atomic E-state index is 12.5. The zero-order valence-electron chi connectivity index (χ0n) is 11.8. The fourth-order valence-corrected chi connectivity index (χ4v) is 5.30. The van der Waals surface area contributed by atoms with E-state index in [0.717, 1.165) is 16.9 Å². The zero-order chi connectivity index (χ0) is 15.9. The third-order valence-electron chi connectivity index (χ3n) is 3.66. The van der Waals surface area contributed by atoms with Crippen molar-refractivity contribution in [2.45, 2.75) is 22.1 Å². The van der Waals surface area contributed by atoms with E-state index in [4.69, 9.17) is 0 Å². The van der Waals surface area contributed by atoms with E-state index in [2.05, 4.69) is 37.2 Å². The number of fused-ring (bicyclic) bond motifs is 1. The van der Waals surface area contributed by atoms with E-state index in [1.807, 2.05) is 37.3 Å². The molecule has 1 saturated heterocycles. The molecule has 4 nitrogen and oxygen atoms in total. The standard InChI is InChI=1S/C15H14Br2N2O2S/c1-9-8-22-14-15(16,17)13(21)19(14)11(9)12(20)18-7-10-5-3-2-4-6-10/h2-6,14H,7-8H2,1H3,(H,18,20)/t14-/m0/s1. The molecule has 0 saturated carbocycles. The number of benzene rings is 1. The van der Waals surface area contributed by atoms with Crippen LogP contribution in [-0.4, -0.2) is 31.1 Å². The highest BCUT2D eigenvalue weighted by Crippen LogP contribution is 2.53. The Labute approximate surface area is 150 Å². The minimum Gasteiger partial charge on any atom is -0.347 e. The molecule has 1 N–H and O–H groups in total. The summed E-state index contributed by atoms with van der Waals surface area (Å²) in [5, 5.41) is 2.81. The minimum absolute atomic E-state index is 0.0961. The second-order valence-corrected chi connectivity index (χ2v) is 9.89. The number of carbonyl (C=O) groups is 2. The Balaban J connectivity index is 1.75. The summed E-state index contributed by atoms with van der Waals surface area (Å²) in [6.07, 6.45) is 0. The van der Waals surface area contributed by atoms with Crippen molar-refractivity contribution >= 4 is 55.4 Å². The van der Waals surface area contributed by atoms with E-state index < -0.39 is 3.23 Å². The average Bonchev–Trinajstić information content (AvgIpc) is 2.52. The van der Waals surface area contributed by atoms with Crippen molar-refractivity contribution in [3.05, 3.63) is 47.2 Å². The molecule has 2 aliphatic heterocycles. The third-order valence-corrected chi connectivity index (χ3v) is 7.29. The Morgan fingerprint density at radius 2 is 2.09 bits per heavy atom. The second kappa shape index (κ2) is 6.02. The van der Waals surface area contributed by atoms with Gasteiger partial charge in [-0.1, -0.05) is 62.2 Å². The van der Waals surface area contributed by atoms with Gasteiger partial charge in [-0.25, -0.2) is 0 Å². The van der Waals surface area contributed by atoms with Crippen molar-refractivity contribution in [3.8, 4) is 0 Å². The van der Waals surface area contributed by atoms with E-state index in [-0.39, 0.29) is 17.2 Å².